The van der Waals surface area contributed by atoms with Crippen molar-refractivity contribution < 1.29 is 8.42 Å². The van der Waals surface area contributed by atoms with Gasteiger partial charge in [-0.3, -0.25) is 0 Å². The Bertz CT molecular complexity index is 828. The van der Waals surface area contributed by atoms with Crippen molar-refractivity contribution in [3.05, 3.63) is 53.7 Å². The molecule has 2 heterocycles. The Balaban J connectivity index is 1.87. The molecule has 0 amide bonds. The van der Waals surface area contributed by atoms with Crippen molar-refractivity contribution in [3.8, 4) is 0 Å². The van der Waals surface area contributed by atoms with E-state index in [-0.39, 0.29) is 6.04 Å². The molecule has 1 aliphatic rings. The number of aryl methyl sites for hydroxylation is 1. The molecule has 1 atom stereocenters. The molecule has 2 aromatic rings. The molecule has 1 aliphatic heterocycles. The van der Waals surface area contributed by atoms with Gasteiger partial charge in [0.25, 0.3) is 0 Å². The van der Waals surface area contributed by atoms with E-state index in [1.807, 2.05) is 37.4 Å². The number of hydrogen-bond donors (Lipinski definition) is 0. The van der Waals surface area contributed by atoms with Crippen molar-refractivity contribution in [1.82, 2.24) is 9.29 Å². The molecule has 5 nitrogen and oxygen atoms in total. The van der Waals surface area contributed by atoms with Gasteiger partial charge < -0.3 is 4.90 Å². The summed E-state index contributed by atoms with van der Waals surface area (Å²) in [5.41, 5.74) is 2.02. The fourth-order valence-corrected chi connectivity index (χ4v) is 5.22. The molecule has 1 aromatic carbocycles. The fraction of sp³-hybridized carbons (Fsp3) is 0.450. The van der Waals surface area contributed by atoms with Crippen molar-refractivity contribution >= 4 is 15.8 Å². The van der Waals surface area contributed by atoms with E-state index in [1.54, 1.807) is 16.4 Å². The summed E-state index contributed by atoms with van der Waals surface area (Å²) in [7, 11) is -3.49. The summed E-state index contributed by atoms with van der Waals surface area (Å²) in [6.07, 6.45) is 3.53. The summed E-state index contributed by atoms with van der Waals surface area (Å²) in [5.74, 6) is 0.935. The van der Waals surface area contributed by atoms with Crippen LogP contribution in [0.4, 0.5) is 5.82 Å². The van der Waals surface area contributed by atoms with Gasteiger partial charge in [0.1, 0.15) is 5.82 Å². The first-order valence-corrected chi connectivity index (χ1v) is 10.7. The monoisotopic (exact) mass is 373 g/mol. The average molecular weight is 374 g/mol. The van der Waals surface area contributed by atoms with Crippen LogP contribution in [0.15, 0.2) is 47.5 Å². The number of hydrogen-bond acceptors (Lipinski definition) is 4. The van der Waals surface area contributed by atoms with Crippen LogP contribution in [0.5, 0.6) is 0 Å². The average Bonchev–Trinajstić information content (AvgIpc) is 3.14. The highest BCUT2D eigenvalue weighted by molar-refractivity contribution is 7.89. The molecule has 0 saturated carbocycles. The van der Waals surface area contributed by atoms with Gasteiger partial charge in [-0.15, -0.1) is 0 Å². The Labute approximate surface area is 156 Å². The predicted molar refractivity (Wildman–Crippen MR) is 105 cm³/mol. The highest BCUT2D eigenvalue weighted by Gasteiger charge is 2.36. The first-order valence-electron chi connectivity index (χ1n) is 9.26. The lowest BCUT2D eigenvalue weighted by Crippen LogP contribution is -2.31. The molecular formula is C20H27N3O2S. The van der Waals surface area contributed by atoms with Crippen molar-refractivity contribution in [3.63, 3.8) is 0 Å². The van der Waals surface area contributed by atoms with Crippen LogP contribution in [-0.4, -0.2) is 37.3 Å². The van der Waals surface area contributed by atoms with E-state index in [0.717, 1.165) is 42.9 Å². The number of rotatable bonds is 6. The summed E-state index contributed by atoms with van der Waals surface area (Å²) in [4.78, 5) is 7.11. The second kappa shape index (κ2) is 7.76. The van der Waals surface area contributed by atoms with Crippen LogP contribution >= 0.6 is 0 Å². The van der Waals surface area contributed by atoms with Crippen molar-refractivity contribution in [2.45, 2.75) is 44.6 Å². The largest absolute Gasteiger partial charge is 0.357 e. The minimum absolute atomic E-state index is 0.139. The smallest absolute Gasteiger partial charge is 0.243 e. The lowest BCUT2D eigenvalue weighted by atomic mass is 10.1. The highest BCUT2D eigenvalue weighted by atomic mass is 32.2. The van der Waals surface area contributed by atoms with Gasteiger partial charge in [-0.1, -0.05) is 23.8 Å². The van der Waals surface area contributed by atoms with Crippen LogP contribution < -0.4 is 4.90 Å². The molecule has 0 aliphatic carbocycles. The number of sulfonamides is 1. The van der Waals surface area contributed by atoms with E-state index >= 15 is 0 Å². The summed E-state index contributed by atoms with van der Waals surface area (Å²) >= 11 is 0. The third-order valence-corrected chi connectivity index (χ3v) is 7.00. The molecule has 3 rings (SSSR count). The topological polar surface area (TPSA) is 53.5 Å². The maximum Gasteiger partial charge on any atom is 0.243 e. The van der Waals surface area contributed by atoms with Gasteiger partial charge >= 0.3 is 0 Å². The van der Waals surface area contributed by atoms with E-state index in [4.69, 9.17) is 0 Å². The Hall–Kier alpha value is -1.92. The standard InChI is InChI=1S/C20H27N3O2S/c1-4-22(5-2)20-13-10-17(15-21-20)19-7-6-14-23(19)26(24,25)18-11-8-16(3)9-12-18/h8-13,15,19H,4-7,14H2,1-3H3/t19-/m1/s1. The zero-order valence-corrected chi connectivity index (χ0v) is 16.5. The summed E-state index contributed by atoms with van der Waals surface area (Å²) in [5, 5.41) is 0. The van der Waals surface area contributed by atoms with Gasteiger partial charge in [0, 0.05) is 25.8 Å². The zero-order chi connectivity index (χ0) is 18.7. The molecule has 1 saturated heterocycles. The van der Waals surface area contributed by atoms with Crippen LogP contribution in [0, 0.1) is 6.92 Å². The van der Waals surface area contributed by atoms with Gasteiger partial charge in [0.2, 0.25) is 10.0 Å². The van der Waals surface area contributed by atoms with Gasteiger partial charge in [-0.05, 0) is 57.4 Å². The molecule has 26 heavy (non-hydrogen) atoms. The normalized spacial score (nSPS) is 18.2. The highest BCUT2D eigenvalue weighted by Crippen LogP contribution is 2.36. The van der Waals surface area contributed by atoms with Crippen molar-refractivity contribution in [1.29, 1.82) is 0 Å². The van der Waals surface area contributed by atoms with E-state index < -0.39 is 10.0 Å². The van der Waals surface area contributed by atoms with Crippen LogP contribution in [-0.2, 0) is 10.0 Å². The van der Waals surface area contributed by atoms with Gasteiger partial charge in [-0.25, -0.2) is 13.4 Å². The number of anilines is 1. The van der Waals surface area contributed by atoms with Gasteiger partial charge in [-0.2, -0.15) is 4.31 Å². The van der Waals surface area contributed by atoms with E-state index in [2.05, 4.69) is 23.7 Å². The van der Waals surface area contributed by atoms with Crippen molar-refractivity contribution in [2.75, 3.05) is 24.5 Å². The molecular weight excluding hydrogens is 346 g/mol. The van der Waals surface area contributed by atoms with E-state index in [9.17, 15) is 8.42 Å². The molecule has 0 spiro atoms. The number of pyridine rings is 1. The molecule has 0 radical (unpaired) electrons. The zero-order valence-electron chi connectivity index (χ0n) is 15.7. The van der Waals surface area contributed by atoms with Crippen LogP contribution in [0.3, 0.4) is 0 Å². The van der Waals surface area contributed by atoms with Gasteiger partial charge in [0.15, 0.2) is 0 Å². The Morgan fingerprint density at radius 1 is 1.12 bits per heavy atom. The molecule has 140 valence electrons. The molecule has 1 fully saturated rings. The Morgan fingerprint density at radius 3 is 2.38 bits per heavy atom. The number of nitrogens with zero attached hydrogens (tertiary/aromatic N) is 3. The van der Waals surface area contributed by atoms with Crippen LogP contribution in [0.2, 0.25) is 0 Å². The lowest BCUT2D eigenvalue weighted by Gasteiger charge is -2.25. The summed E-state index contributed by atoms with van der Waals surface area (Å²) < 4.78 is 27.8. The molecule has 0 N–H and O–H groups in total. The summed E-state index contributed by atoms with van der Waals surface area (Å²) in [6.45, 7) is 8.52. The second-order valence-electron chi connectivity index (χ2n) is 6.71. The number of aromatic nitrogens is 1. The minimum Gasteiger partial charge on any atom is -0.357 e. The molecule has 0 unspecified atom stereocenters. The maximum absolute atomic E-state index is 13.1. The fourth-order valence-electron chi connectivity index (χ4n) is 3.54. The molecule has 1 aromatic heterocycles. The SMILES string of the molecule is CCN(CC)c1ccc([C@H]2CCCN2S(=O)(=O)c2ccc(C)cc2)cn1. The molecule has 6 heteroatoms. The van der Waals surface area contributed by atoms with E-state index in [1.165, 1.54) is 0 Å². The maximum atomic E-state index is 13.1. The van der Waals surface area contributed by atoms with E-state index in [0.29, 0.717) is 11.4 Å². The quantitative estimate of drug-likeness (QED) is 0.774. The van der Waals surface area contributed by atoms with Crippen molar-refractivity contribution in [2.24, 2.45) is 0 Å². The molecule has 0 bridgehead atoms. The predicted octanol–water partition coefficient (Wildman–Crippen LogP) is 3.76. The third-order valence-electron chi connectivity index (χ3n) is 5.07. The third kappa shape index (κ3) is 3.62. The minimum atomic E-state index is -3.49. The lowest BCUT2D eigenvalue weighted by molar-refractivity contribution is 0.396. The second-order valence-corrected chi connectivity index (χ2v) is 8.60. The van der Waals surface area contributed by atoms with Gasteiger partial charge in [0.05, 0.1) is 10.9 Å². The first-order chi connectivity index (χ1) is 12.5. The first kappa shape index (κ1) is 18.9. The van der Waals surface area contributed by atoms with Crippen LogP contribution in [0.1, 0.15) is 43.9 Å². The van der Waals surface area contributed by atoms with Crippen LogP contribution in [0.25, 0.3) is 0 Å². The Morgan fingerprint density at radius 2 is 1.81 bits per heavy atom. The summed E-state index contributed by atoms with van der Waals surface area (Å²) in [6, 6.07) is 11.0. The Kier molecular flexibility index (Phi) is 5.63. The number of benzene rings is 1.